The summed E-state index contributed by atoms with van der Waals surface area (Å²) in [4.78, 5) is 5.16. The zero-order chi connectivity index (χ0) is 14.0. The Bertz CT molecular complexity index is 483. The second-order valence-corrected chi connectivity index (χ2v) is 6.25. The van der Waals surface area contributed by atoms with Crippen LogP contribution in [0.2, 0.25) is 0 Å². The van der Waals surface area contributed by atoms with E-state index in [0.29, 0.717) is 16.8 Å². The molecule has 3 nitrogen and oxygen atoms in total. The molecule has 0 fully saturated rings. The molecule has 0 bridgehead atoms. The first kappa shape index (κ1) is 14.3. The van der Waals surface area contributed by atoms with Gasteiger partial charge in [0.1, 0.15) is 10.8 Å². The number of hydrogen-bond donors (Lipinski definition) is 2. The predicted molar refractivity (Wildman–Crippen MR) is 84.6 cm³/mol. The zero-order valence-corrected chi connectivity index (χ0v) is 12.8. The van der Waals surface area contributed by atoms with E-state index in [1.807, 2.05) is 0 Å². The highest BCUT2D eigenvalue weighted by Gasteiger charge is 2.18. The highest BCUT2D eigenvalue weighted by Crippen LogP contribution is 2.25. The van der Waals surface area contributed by atoms with E-state index in [4.69, 9.17) is 22.9 Å². The van der Waals surface area contributed by atoms with Crippen LogP contribution in [0, 0.1) is 11.8 Å². The minimum atomic E-state index is 0.432. The van der Waals surface area contributed by atoms with Crippen molar-refractivity contribution < 1.29 is 0 Å². The SMILES string of the molecule is CC(C)C(C)CNc1nc2c(cc1C(N)=S)CCC2. The van der Waals surface area contributed by atoms with Crippen molar-refractivity contribution in [1.29, 1.82) is 0 Å². The Kier molecular flexibility index (Phi) is 4.40. The average molecular weight is 277 g/mol. The molecule has 4 heteroatoms. The molecule has 2 rings (SSSR count). The van der Waals surface area contributed by atoms with E-state index in [1.54, 1.807) is 0 Å². The van der Waals surface area contributed by atoms with Gasteiger partial charge in [0.2, 0.25) is 0 Å². The van der Waals surface area contributed by atoms with Gasteiger partial charge in [-0.1, -0.05) is 33.0 Å². The number of aromatic nitrogens is 1. The highest BCUT2D eigenvalue weighted by atomic mass is 32.1. The lowest BCUT2D eigenvalue weighted by Crippen LogP contribution is -2.21. The fourth-order valence-corrected chi connectivity index (χ4v) is 2.44. The smallest absolute Gasteiger partial charge is 0.136 e. The lowest BCUT2D eigenvalue weighted by atomic mass is 9.98. The van der Waals surface area contributed by atoms with Crippen molar-refractivity contribution in [3.8, 4) is 0 Å². The third-order valence-electron chi connectivity index (χ3n) is 4.05. The Morgan fingerprint density at radius 1 is 1.42 bits per heavy atom. The molecule has 0 saturated carbocycles. The lowest BCUT2D eigenvalue weighted by molar-refractivity contribution is 0.439. The maximum absolute atomic E-state index is 5.83. The molecule has 1 aromatic heterocycles. The van der Waals surface area contributed by atoms with Crippen LogP contribution in [0.1, 0.15) is 44.0 Å². The maximum Gasteiger partial charge on any atom is 0.136 e. The van der Waals surface area contributed by atoms with Crippen molar-refractivity contribution in [1.82, 2.24) is 4.98 Å². The summed E-state index contributed by atoms with van der Waals surface area (Å²) in [6.45, 7) is 7.61. The van der Waals surface area contributed by atoms with Gasteiger partial charge in [-0.25, -0.2) is 4.98 Å². The molecule has 1 heterocycles. The molecular weight excluding hydrogens is 254 g/mol. The monoisotopic (exact) mass is 277 g/mol. The first-order valence-electron chi connectivity index (χ1n) is 7.05. The summed E-state index contributed by atoms with van der Waals surface area (Å²) >= 11 is 5.15. The Labute approximate surface area is 121 Å². The molecule has 1 unspecified atom stereocenters. The number of hydrogen-bond acceptors (Lipinski definition) is 3. The maximum atomic E-state index is 5.83. The van der Waals surface area contributed by atoms with Gasteiger partial charge in [-0.15, -0.1) is 0 Å². The number of rotatable bonds is 5. The third-order valence-corrected chi connectivity index (χ3v) is 4.27. The van der Waals surface area contributed by atoms with Crippen LogP contribution in [0.25, 0.3) is 0 Å². The molecular formula is C15H23N3S. The highest BCUT2D eigenvalue weighted by molar-refractivity contribution is 7.80. The molecule has 1 aliphatic carbocycles. The summed E-state index contributed by atoms with van der Waals surface area (Å²) in [6.07, 6.45) is 3.35. The van der Waals surface area contributed by atoms with Gasteiger partial charge >= 0.3 is 0 Å². The number of pyridine rings is 1. The Morgan fingerprint density at radius 3 is 2.79 bits per heavy atom. The van der Waals surface area contributed by atoms with Crippen molar-refractivity contribution >= 4 is 23.0 Å². The number of nitrogens with two attached hydrogens (primary N) is 1. The van der Waals surface area contributed by atoms with E-state index in [2.05, 4.69) is 32.2 Å². The van der Waals surface area contributed by atoms with Gasteiger partial charge in [0.05, 0.1) is 5.56 Å². The van der Waals surface area contributed by atoms with Gasteiger partial charge in [0, 0.05) is 12.2 Å². The van der Waals surface area contributed by atoms with Gasteiger partial charge in [-0.05, 0) is 42.7 Å². The average Bonchev–Trinajstić information content (AvgIpc) is 2.81. The van der Waals surface area contributed by atoms with Crippen molar-refractivity contribution in [2.75, 3.05) is 11.9 Å². The van der Waals surface area contributed by atoms with E-state index >= 15 is 0 Å². The fraction of sp³-hybridized carbons (Fsp3) is 0.600. The number of fused-ring (bicyclic) bond motifs is 1. The number of nitrogens with one attached hydrogen (secondary N) is 1. The van der Waals surface area contributed by atoms with Gasteiger partial charge < -0.3 is 11.1 Å². The van der Waals surface area contributed by atoms with Crippen LogP contribution in [0.5, 0.6) is 0 Å². The van der Waals surface area contributed by atoms with E-state index < -0.39 is 0 Å². The van der Waals surface area contributed by atoms with Gasteiger partial charge in [0.25, 0.3) is 0 Å². The Hall–Kier alpha value is -1.16. The number of thiocarbonyl (C=S) groups is 1. The van der Waals surface area contributed by atoms with Gasteiger partial charge in [0.15, 0.2) is 0 Å². The van der Waals surface area contributed by atoms with Crippen molar-refractivity contribution in [3.05, 3.63) is 22.9 Å². The van der Waals surface area contributed by atoms with Crippen molar-refractivity contribution in [3.63, 3.8) is 0 Å². The molecule has 1 aromatic rings. The van der Waals surface area contributed by atoms with Crippen molar-refractivity contribution in [2.45, 2.75) is 40.0 Å². The van der Waals surface area contributed by atoms with Crippen LogP contribution in [-0.2, 0) is 12.8 Å². The molecule has 104 valence electrons. The molecule has 0 spiro atoms. The Morgan fingerprint density at radius 2 is 2.16 bits per heavy atom. The van der Waals surface area contributed by atoms with Crippen LogP contribution in [0.3, 0.4) is 0 Å². The summed E-state index contributed by atoms with van der Waals surface area (Å²) < 4.78 is 0. The summed E-state index contributed by atoms with van der Waals surface area (Å²) in [6, 6.07) is 2.13. The molecule has 0 radical (unpaired) electrons. The molecule has 0 saturated heterocycles. The minimum absolute atomic E-state index is 0.432. The van der Waals surface area contributed by atoms with Crippen LogP contribution < -0.4 is 11.1 Å². The molecule has 0 aromatic carbocycles. The van der Waals surface area contributed by atoms with E-state index in [-0.39, 0.29) is 0 Å². The van der Waals surface area contributed by atoms with Gasteiger partial charge in [-0.2, -0.15) is 0 Å². The zero-order valence-electron chi connectivity index (χ0n) is 12.0. The molecule has 0 aliphatic heterocycles. The summed E-state index contributed by atoms with van der Waals surface area (Å²) in [5.74, 6) is 2.10. The van der Waals surface area contributed by atoms with Crippen LogP contribution in [-0.4, -0.2) is 16.5 Å². The normalized spacial score (nSPS) is 15.4. The second-order valence-electron chi connectivity index (χ2n) is 5.81. The predicted octanol–water partition coefficient (Wildman–Crippen LogP) is 2.91. The molecule has 19 heavy (non-hydrogen) atoms. The first-order valence-corrected chi connectivity index (χ1v) is 7.46. The summed E-state index contributed by atoms with van der Waals surface area (Å²) in [5, 5.41) is 3.43. The first-order chi connectivity index (χ1) is 8.99. The lowest BCUT2D eigenvalue weighted by Gasteiger charge is -2.18. The largest absolute Gasteiger partial charge is 0.389 e. The summed E-state index contributed by atoms with van der Waals surface area (Å²) in [5.41, 5.74) is 9.24. The number of aryl methyl sites for hydroxylation is 2. The van der Waals surface area contributed by atoms with Gasteiger partial charge in [-0.3, -0.25) is 0 Å². The van der Waals surface area contributed by atoms with E-state index in [9.17, 15) is 0 Å². The van der Waals surface area contributed by atoms with Crippen LogP contribution in [0.4, 0.5) is 5.82 Å². The molecule has 1 aliphatic rings. The second kappa shape index (κ2) is 5.87. The van der Waals surface area contributed by atoms with Crippen LogP contribution in [0.15, 0.2) is 6.07 Å². The molecule has 1 atom stereocenters. The van der Waals surface area contributed by atoms with Crippen molar-refractivity contribution in [2.24, 2.45) is 17.6 Å². The quantitative estimate of drug-likeness (QED) is 0.813. The number of anilines is 1. The minimum Gasteiger partial charge on any atom is -0.389 e. The van der Waals surface area contributed by atoms with E-state index in [0.717, 1.165) is 30.8 Å². The van der Waals surface area contributed by atoms with E-state index in [1.165, 1.54) is 17.7 Å². The number of nitrogens with zero attached hydrogens (tertiary/aromatic N) is 1. The summed E-state index contributed by atoms with van der Waals surface area (Å²) in [7, 11) is 0. The Balaban J connectivity index is 2.21. The fourth-order valence-electron chi connectivity index (χ4n) is 2.29. The molecule has 3 N–H and O–H groups in total. The standard InChI is InChI=1S/C15H23N3S/c1-9(2)10(3)8-17-15-12(14(16)19)7-11-5-4-6-13(11)18-15/h7,9-10H,4-6,8H2,1-3H3,(H2,16,19)(H,17,18). The topological polar surface area (TPSA) is 50.9 Å². The molecule has 0 amide bonds. The third kappa shape index (κ3) is 3.24. The van der Waals surface area contributed by atoms with Crippen LogP contribution >= 0.6 is 12.2 Å².